The monoisotopic (exact) mass is 479 g/mol. The number of hydrogen-bond acceptors (Lipinski definition) is 5. The Kier molecular flexibility index (Phi) is 8.65. The van der Waals surface area contributed by atoms with Crippen molar-refractivity contribution in [2.24, 2.45) is 0 Å². The number of carbonyl (C=O) groups excluding carboxylic acids is 1. The Morgan fingerprint density at radius 3 is 2.50 bits per heavy atom. The molecule has 6 nitrogen and oxygen atoms in total. The van der Waals surface area contributed by atoms with Crippen LogP contribution >= 0.6 is 23.2 Å². The number of amides is 1. The summed E-state index contributed by atoms with van der Waals surface area (Å²) in [6.45, 7) is 10.7. The van der Waals surface area contributed by atoms with Crippen LogP contribution in [0.3, 0.4) is 0 Å². The molecule has 3 rings (SSSR count). The highest BCUT2D eigenvalue weighted by atomic mass is 35.5. The first kappa shape index (κ1) is 24.6. The molecule has 2 aromatic carbocycles. The predicted octanol–water partition coefficient (Wildman–Crippen LogP) is 5.43. The Bertz CT molecular complexity index is 925. The van der Waals surface area contributed by atoms with Gasteiger partial charge in [0.05, 0.1) is 13.2 Å². The van der Waals surface area contributed by atoms with Gasteiger partial charge >= 0.3 is 6.09 Å². The van der Waals surface area contributed by atoms with E-state index in [4.69, 9.17) is 32.7 Å². The molecule has 174 valence electrons. The van der Waals surface area contributed by atoms with Crippen molar-refractivity contribution in [3.8, 4) is 11.1 Å². The maximum atomic E-state index is 11.8. The minimum Gasteiger partial charge on any atom is -0.444 e. The molecular weight excluding hydrogens is 449 g/mol. The van der Waals surface area contributed by atoms with Crippen LogP contribution in [0.5, 0.6) is 0 Å². The standard InChI is InChI=1S/C24H31Cl2N3O3/c1-24(2,3)32-23(30)28-9-8-27-19-6-4-17(16-29-10-12-31-13-11-29)21(15-19)20-7-5-18(25)14-22(20)26/h4-7,14-15,27H,8-13,16H2,1-3H3,(H,28,30). The summed E-state index contributed by atoms with van der Waals surface area (Å²) in [5, 5.41) is 7.34. The van der Waals surface area contributed by atoms with E-state index in [-0.39, 0.29) is 0 Å². The number of benzene rings is 2. The van der Waals surface area contributed by atoms with Gasteiger partial charge in [0.1, 0.15) is 5.60 Å². The molecule has 1 aliphatic rings. The Labute approximate surface area is 200 Å². The predicted molar refractivity (Wildman–Crippen MR) is 131 cm³/mol. The highest BCUT2D eigenvalue weighted by molar-refractivity contribution is 6.36. The summed E-state index contributed by atoms with van der Waals surface area (Å²) >= 11 is 12.7. The lowest BCUT2D eigenvalue weighted by atomic mass is 9.98. The third-order valence-corrected chi connectivity index (χ3v) is 5.50. The fourth-order valence-electron chi connectivity index (χ4n) is 3.47. The van der Waals surface area contributed by atoms with Crippen molar-refractivity contribution in [2.75, 3.05) is 44.7 Å². The molecule has 1 saturated heterocycles. The van der Waals surface area contributed by atoms with Gasteiger partial charge in [-0.2, -0.15) is 0 Å². The second kappa shape index (κ2) is 11.2. The maximum absolute atomic E-state index is 11.8. The van der Waals surface area contributed by atoms with Crippen molar-refractivity contribution in [3.05, 3.63) is 52.0 Å². The molecule has 32 heavy (non-hydrogen) atoms. The van der Waals surface area contributed by atoms with Gasteiger partial charge in [0, 0.05) is 54.0 Å². The van der Waals surface area contributed by atoms with Crippen LogP contribution in [0.25, 0.3) is 11.1 Å². The van der Waals surface area contributed by atoms with Gasteiger partial charge in [0.25, 0.3) is 0 Å². The summed E-state index contributed by atoms with van der Waals surface area (Å²) in [6, 6.07) is 11.8. The summed E-state index contributed by atoms with van der Waals surface area (Å²) < 4.78 is 10.7. The molecule has 0 atom stereocenters. The molecular formula is C24H31Cl2N3O3. The van der Waals surface area contributed by atoms with E-state index in [1.54, 1.807) is 6.07 Å². The van der Waals surface area contributed by atoms with E-state index >= 15 is 0 Å². The smallest absolute Gasteiger partial charge is 0.407 e. The van der Waals surface area contributed by atoms with Crippen LogP contribution < -0.4 is 10.6 Å². The number of morpholine rings is 1. The van der Waals surface area contributed by atoms with Gasteiger partial charge in [-0.25, -0.2) is 4.79 Å². The largest absolute Gasteiger partial charge is 0.444 e. The molecule has 0 spiro atoms. The maximum Gasteiger partial charge on any atom is 0.407 e. The lowest BCUT2D eigenvalue weighted by Crippen LogP contribution is -2.35. The summed E-state index contributed by atoms with van der Waals surface area (Å²) in [7, 11) is 0. The Balaban J connectivity index is 1.71. The summed E-state index contributed by atoms with van der Waals surface area (Å²) in [4.78, 5) is 14.2. The quantitative estimate of drug-likeness (QED) is 0.518. The summed E-state index contributed by atoms with van der Waals surface area (Å²) in [5.41, 5.74) is 3.62. The third kappa shape index (κ3) is 7.55. The molecule has 2 N–H and O–H groups in total. The lowest BCUT2D eigenvalue weighted by Gasteiger charge is -2.27. The van der Waals surface area contributed by atoms with Crippen molar-refractivity contribution in [3.63, 3.8) is 0 Å². The van der Waals surface area contributed by atoms with Crippen LogP contribution in [-0.2, 0) is 16.0 Å². The van der Waals surface area contributed by atoms with E-state index in [0.29, 0.717) is 23.1 Å². The third-order valence-electron chi connectivity index (χ3n) is 4.95. The van der Waals surface area contributed by atoms with Crippen molar-refractivity contribution in [1.82, 2.24) is 10.2 Å². The van der Waals surface area contributed by atoms with Gasteiger partial charge in [-0.05, 0) is 56.2 Å². The number of carbonyl (C=O) groups is 1. The average Bonchev–Trinajstić information content (AvgIpc) is 2.72. The molecule has 1 aliphatic heterocycles. The molecule has 0 radical (unpaired) electrons. The zero-order valence-electron chi connectivity index (χ0n) is 18.8. The number of anilines is 1. The minimum absolute atomic E-state index is 0.422. The number of ether oxygens (including phenoxy) is 2. The van der Waals surface area contributed by atoms with Crippen molar-refractivity contribution >= 4 is 35.0 Å². The number of alkyl carbamates (subject to hydrolysis) is 1. The van der Waals surface area contributed by atoms with Crippen LogP contribution in [-0.4, -0.2) is 56.0 Å². The fourth-order valence-corrected chi connectivity index (χ4v) is 3.98. The first-order valence-corrected chi connectivity index (χ1v) is 11.6. The second-order valence-corrected chi connectivity index (χ2v) is 9.58. The van der Waals surface area contributed by atoms with Gasteiger partial charge in [0.2, 0.25) is 0 Å². The van der Waals surface area contributed by atoms with E-state index < -0.39 is 11.7 Å². The van der Waals surface area contributed by atoms with Gasteiger partial charge in [-0.1, -0.05) is 35.3 Å². The first-order chi connectivity index (χ1) is 15.2. The molecule has 0 bridgehead atoms. The summed E-state index contributed by atoms with van der Waals surface area (Å²) in [6.07, 6.45) is -0.422. The first-order valence-electron chi connectivity index (χ1n) is 10.8. The molecule has 0 unspecified atom stereocenters. The van der Waals surface area contributed by atoms with E-state index in [9.17, 15) is 4.79 Å². The van der Waals surface area contributed by atoms with Gasteiger partial charge in [-0.15, -0.1) is 0 Å². The second-order valence-electron chi connectivity index (χ2n) is 8.74. The van der Waals surface area contributed by atoms with Gasteiger partial charge in [-0.3, -0.25) is 4.90 Å². The molecule has 2 aromatic rings. The fraction of sp³-hybridized carbons (Fsp3) is 0.458. The SMILES string of the molecule is CC(C)(C)OC(=O)NCCNc1ccc(CN2CCOCC2)c(-c2ccc(Cl)cc2Cl)c1. The molecule has 1 amide bonds. The van der Waals surface area contributed by atoms with Crippen LogP contribution in [0.15, 0.2) is 36.4 Å². The highest BCUT2D eigenvalue weighted by Gasteiger charge is 2.17. The number of rotatable bonds is 7. The van der Waals surface area contributed by atoms with Crippen LogP contribution in [0, 0.1) is 0 Å². The molecule has 0 aromatic heterocycles. The van der Waals surface area contributed by atoms with Crippen molar-refractivity contribution in [1.29, 1.82) is 0 Å². The molecule has 8 heteroatoms. The minimum atomic E-state index is -0.513. The Morgan fingerprint density at radius 2 is 1.81 bits per heavy atom. The average molecular weight is 480 g/mol. The molecule has 1 heterocycles. The van der Waals surface area contributed by atoms with Crippen LogP contribution in [0.1, 0.15) is 26.3 Å². The Morgan fingerprint density at radius 1 is 1.06 bits per heavy atom. The number of hydrogen-bond donors (Lipinski definition) is 2. The van der Waals surface area contributed by atoms with Gasteiger partial charge in [0.15, 0.2) is 0 Å². The molecule has 0 aliphatic carbocycles. The number of halogens is 2. The number of nitrogens with zero attached hydrogens (tertiary/aromatic N) is 1. The Hall–Kier alpha value is -1.99. The van der Waals surface area contributed by atoms with E-state index in [0.717, 1.165) is 49.7 Å². The lowest BCUT2D eigenvalue weighted by molar-refractivity contribution is 0.0342. The topological polar surface area (TPSA) is 62.8 Å². The molecule has 0 saturated carbocycles. The highest BCUT2D eigenvalue weighted by Crippen LogP contribution is 2.35. The van der Waals surface area contributed by atoms with E-state index in [1.165, 1.54) is 5.56 Å². The zero-order chi connectivity index (χ0) is 23.1. The molecule has 1 fully saturated rings. The van der Waals surface area contributed by atoms with Crippen molar-refractivity contribution in [2.45, 2.75) is 32.9 Å². The van der Waals surface area contributed by atoms with E-state index in [2.05, 4.69) is 33.7 Å². The van der Waals surface area contributed by atoms with Crippen molar-refractivity contribution < 1.29 is 14.3 Å². The normalized spacial score (nSPS) is 14.8. The summed E-state index contributed by atoms with van der Waals surface area (Å²) in [5.74, 6) is 0. The number of nitrogens with one attached hydrogen (secondary N) is 2. The van der Waals surface area contributed by atoms with Crippen LogP contribution in [0.4, 0.5) is 10.5 Å². The van der Waals surface area contributed by atoms with E-state index in [1.807, 2.05) is 32.9 Å². The van der Waals surface area contributed by atoms with Gasteiger partial charge < -0.3 is 20.1 Å². The zero-order valence-corrected chi connectivity index (χ0v) is 20.4. The van der Waals surface area contributed by atoms with Crippen LogP contribution in [0.2, 0.25) is 10.0 Å².